The number of aryl methyl sites for hydroxylation is 1. The number of imide groups is 1. The van der Waals surface area contributed by atoms with Gasteiger partial charge in [0, 0.05) is 19.6 Å². The van der Waals surface area contributed by atoms with Crippen LogP contribution in [0, 0.1) is 12.7 Å². The van der Waals surface area contributed by atoms with E-state index in [-0.39, 0.29) is 17.0 Å². The maximum absolute atomic E-state index is 14.5. The number of carbonyl (C=O) groups is 2. The molecule has 0 N–H and O–H groups in total. The second-order valence-electron chi connectivity index (χ2n) is 6.19. The molecule has 2 aliphatic rings. The minimum atomic E-state index is -0.282. The highest BCUT2D eigenvalue weighted by Gasteiger charge is 2.34. The van der Waals surface area contributed by atoms with Crippen LogP contribution in [-0.4, -0.2) is 35.7 Å². The Morgan fingerprint density at radius 1 is 1.25 bits per heavy atom. The highest BCUT2D eigenvalue weighted by Crippen LogP contribution is 2.34. The van der Waals surface area contributed by atoms with Gasteiger partial charge in [0.05, 0.1) is 10.6 Å². The number of nitrogens with zero attached hydrogens (tertiary/aromatic N) is 2. The van der Waals surface area contributed by atoms with E-state index in [1.807, 2.05) is 19.9 Å². The van der Waals surface area contributed by atoms with Crippen LogP contribution in [0.25, 0.3) is 6.08 Å². The minimum absolute atomic E-state index is 0.250. The van der Waals surface area contributed by atoms with E-state index < -0.39 is 0 Å². The SMILES string of the molecule is CCCN1C(=O)S/C(=C\c2cc(F)c(N3CCCC3)cc2C)C1=O. The monoisotopic (exact) mass is 348 g/mol. The van der Waals surface area contributed by atoms with E-state index in [4.69, 9.17) is 0 Å². The summed E-state index contributed by atoms with van der Waals surface area (Å²) in [5.74, 6) is -0.559. The van der Waals surface area contributed by atoms with Gasteiger partial charge in [0.2, 0.25) is 0 Å². The highest BCUT2D eigenvalue weighted by atomic mass is 32.2. The molecule has 0 radical (unpaired) electrons. The van der Waals surface area contributed by atoms with Gasteiger partial charge in [-0.1, -0.05) is 6.92 Å². The third kappa shape index (κ3) is 3.20. The standard InChI is InChI=1S/C18H21FN2O2S/c1-3-6-21-17(22)16(24-18(21)23)11-13-10-14(19)15(9-12(13)2)20-7-4-5-8-20/h9-11H,3-8H2,1-2H3/b16-11-. The van der Waals surface area contributed by atoms with Gasteiger partial charge in [0.1, 0.15) is 5.82 Å². The molecule has 0 spiro atoms. The third-order valence-corrected chi connectivity index (χ3v) is 5.30. The Morgan fingerprint density at radius 3 is 2.62 bits per heavy atom. The number of carbonyl (C=O) groups excluding carboxylic acids is 2. The number of hydrogen-bond donors (Lipinski definition) is 0. The summed E-state index contributed by atoms with van der Waals surface area (Å²) in [6.45, 7) is 6.01. The molecular formula is C18H21FN2O2S. The molecule has 128 valence electrons. The number of thioether (sulfide) groups is 1. The van der Waals surface area contributed by atoms with E-state index in [0.717, 1.165) is 49.7 Å². The third-order valence-electron chi connectivity index (χ3n) is 4.39. The molecule has 2 amide bonds. The molecular weight excluding hydrogens is 327 g/mol. The van der Waals surface area contributed by atoms with Crippen molar-refractivity contribution in [3.8, 4) is 0 Å². The Bertz CT molecular complexity index is 711. The quantitative estimate of drug-likeness (QED) is 0.766. The Balaban J connectivity index is 1.89. The van der Waals surface area contributed by atoms with Crippen molar-refractivity contribution < 1.29 is 14.0 Å². The van der Waals surface area contributed by atoms with Crippen molar-refractivity contribution in [3.63, 3.8) is 0 Å². The van der Waals surface area contributed by atoms with Crippen LogP contribution in [0.2, 0.25) is 0 Å². The molecule has 1 aromatic rings. The zero-order valence-corrected chi connectivity index (χ0v) is 14.8. The van der Waals surface area contributed by atoms with Crippen molar-refractivity contribution in [1.29, 1.82) is 0 Å². The van der Waals surface area contributed by atoms with Crippen molar-refractivity contribution >= 4 is 34.7 Å². The number of halogens is 1. The van der Waals surface area contributed by atoms with E-state index in [1.54, 1.807) is 6.08 Å². The van der Waals surface area contributed by atoms with Crippen LogP contribution in [0.15, 0.2) is 17.0 Å². The summed E-state index contributed by atoms with van der Waals surface area (Å²) in [7, 11) is 0. The topological polar surface area (TPSA) is 40.6 Å². The van der Waals surface area contributed by atoms with Gasteiger partial charge in [-0.15, -0.1) is 0 Å². The lowest BCUT2D eigenvalue weighted by Gasteiger charge is -2.19. The number of amides is 2. The largest absolute Gasteiger partial charge is 0.369 e. The summed E-state index contributed by atoms with van der Waals surface area (Å²) in [5, 5.41) is -0.250. The van der Waals surface area contributed by atoms with E-state index in [0.29, 0.717) is 22.7 Å². The number of rotatable bonds is 4. The van der Waals surface area contributed by atoms with Gasteiger partial charge in [-0.3, -0.25) is 14.5 Å². The van der Waals surface area contributed by atoms with Crippen LogP contribution in [0.1, 0.15) is 37.3 Å². The second kappa shape index (κ2) is 6.97. The summed E-state index contributed by atoms with van der Waals surface area (Å²) in [6.07, 6.45) is 4.53. The van der Waals surface area contributed by atoms with Crippen molar-refractivity contribution in [1.82, 2.24) is 4.90 Å². The lowest BCUT2D eigenvalue weighted by atomic mass is 10.1. The first kappa shape index (κ1) is 17.0. The normalized spacial score (nSPS) is 19.9. The first-order valence-electron chi connectivity index (χ1n) is 8.31. The van der Waals surface area contributed by atoms with Crippen LogP contribution in [0.4, 0.5) is 14.9 Å². The Morgan fingerprint density at radius 2 is 1.96 bits per heavy atom. The van der Waals surface area contributed by atoms with Crippen LogP contribution in [0.3, 0.4) is 0 Å². The molecule has 0 saturated carbocycles. The second-order valence-corrected chi connectivity index (χ2v) is 7.18. The zero-order valence-electron chi connectivity index (χ0n) is 14.0. The van der Waals surface area contributed by atoms with Gasteiger partial charge in [-0.2, -0.15) is 0 Å². The molecule has 4 nitrogen and oxygen atoms in total. The van der Waals surface area contributed by atoms with Crippen LogP contribution in [-0.2, 0) is 4.79 Å². The summed E-state index contributed by atoms with van der Waals surface area (Å²) in [4.78, 5) is 27.9. The van der Waals surface area contributed by atoms with E-state index in [1.165, 1.54) is 11.0 Å². The maximum atomic E-state index is 14.5. The molecule has 2 heterocycles. The fourth-order valence-corrected chi connectivity index (χ4v) is 3.95. The molecule has 24 heavy (non-hydrogen) atoms. The van der Waals surface area contributed by atoms with Gasteiger partial charge < -0.3 is 4.90 Å². The Kier molecular flexibility index (Phi) is 4.94. The van der Waals surface area contributed by atoms with Gasteiger partial charge in [0.15, 0.2) is 0 Å². The molecule has 0 aromatic heterocycles. The van der Waals surface area contributed by atoms with Gasteiger partial charge in [0.25, 0.3) is 11.1 Å². The minimum Gasteiger partial charge on any atom is -0.369 e. The summed E-state index contributed by atoms with van der Waals surface area (Å²) in [6, 6.07) is 3.31. The predicted octanol–water partition coefficient (Wildman–Crippen LogP) is 4.18. The first-order valence-corrected chi connectivity index (χ1v) is 9.13. The zero-order chi connectivity index (χ0) is 17.3. The van der Waals surface area contributed by atoms with E-state index in [2.05, 4.69) is 4.90 Å². The van der Waals surface area contributed by atoms with Crippen molar-refractivity contribution in [2.75, 3.05) is 24.5 Å². The molecule has 2 fully saturated rings. The molecule has 0 bridgehead atoms. The molecule has 0 unspecified atom stereocenters. The molecule has 1 aromatic carbocycles. The average molecular weight is 348 g/mol. The van der Waals surface area contributed by atoms with E-state index >= 15 is 0 Å². The molecule has 0 aliphatic carbocycles. The van der Waals surface area contributed by atoms with Crippen molar-refractivity contribution in [2.45, 2.75) is 33.1 Å². The molecule has 3 rings (SSSR count). The fourth-order valence-electron chi connectivity index (χ4n) is 3.10. The predicted molar refractivity (Wildman–Crippen MR) is 95.6 cm³/mol. The number of benzene rings is 1. The fraction of sp³-hybridized carbons (Fsp3) is 0.444. The summed E-state index contributed by atoms with van der Waals surface area (Å²) < 4.78 is 14.5. The number of anilines is 1. The van der Waals surface area contributed by atoms with Gasteiger partial charge in [-0.25, -0.2) is 4.39 Å². The summed E-state index contributed by atoms with van der Waals surface area (Å²) >= 11 is 0.926. The first-order chi connectivity index (χ1) is 11.5. The molecule has 0 atom stereocenters. The lowest BCUT2D eigenvalue weighted by molar-refractivity contribution is -0.122. The van der Waals surface area contributed by atoms with Crippen LogP contribution < -0.4 is 4.90 Å². The van der Waals surface area contributed by atoms with Crippen LogP contribution >= 0.6 is 11.8 Å². The average Bonchev–Trinajstić information content (AvgIpc) is 3.15. The smallest absolute Gasteiger partial charge is 0.293 e. The van der Waals surface area contributed by atoms with Gasteiger partial charge >= 0.3 is 0 Å². The molecule has 2 saturated heterocycles. The van der Waals surface area contributed by atoms with E-state index in [9.17, 15) is 14.0 Å². The molecule has 2 aliphatic heterocycles. The van der Waals surface area contributed by atoms with Crippen LogP contribution in [0.5, 0.6) is 0 Å². The lowest BCUT2D eigenvalue weighted by Crippen LogP contribution is -2.28. The Labute approximate surface area is 145 Å². The highest BCUT2D eigenvalue weighted by molar-refractivity contribution is 8.18. The van der Waals surface area contributed by atoms with Crippen molar-refractivity contribution in [3.05, 3.63) is 34.0 Å². The maximum Gasteiger partial charge on any atom is 0.293 e. The number of hydrogen-bond acceptors (Lipinski definition) is 4. The van der Waals surface area contributed by atoms with Crippen molar-refractivity contribution in [2.24, 2.45) is 0 Å². The summed E-state index contributed by atoms with van der Waals surface area (Å²) in [5.41, 5.74) is 2.18. The molecule has 6 heteroatoms. The van der Waals surface area contributed by atoms with Gasteiger partial charge in [-0.05, 0) is 67.3 Å². The Hall–Kier alpha value is -1.82.